The lowest BCUT2D eigenvalue weighted by Crippen LogP contribution is -2.22. The highest BCUT2D eigenvalue weighted by molar-refractivity contribution is 6.29. The van der Waals surface area contributed by atoms with Crippen LogP contribution >= 0.6 is 0 Å². The minimum absolute atomic E-state index is 0.0234. The summed E-state index contributed by atoms with van der Waals surface area (Å²) in [5.41, 5.74) is 8.97. The molecule has 0 radical (unpaired) electrons. The minimum Gasteiger partial charge on any atom is -0.454 e. The SMILES string of the molecule is CC(C)(C)c1ccc(Oc2c(N)ccc3c2C(=O)c2ccccc2C3=O)cc1. The van der Waals surface area contributed by atoms with Crippen molar-refractivity contribution < 1.29 is 14.3 Å². The third-order valence-electron chi connectivity index (χ3n) is 5.02. The van der Waals surface area contributed by atoms with E-state index in [4.69, 9.17) is 10.5 Å². The van der Waals surface area contributed by atoms with E-state index in [0.29, 0.717) is 28.1 Å². The summed E-state index contributed by atoms with van der Waals surface area (Å²) in [6, 6.07) is 17.7. The Labute approximate surface area is 164 Å². The van der Waals surface area contributed by atoms with Gasteiger partial charge in [0, 0.05) is 16.7 Å². The molecular formula is C24H21NO3. The fourth-order valence-corrected chi connectivity index (χ4v) is 3.42. The van der Waals surface area contributed by atoms with Crippen molar-refractivity contribution in [2.45, 2.75) is 26.2 Å². The highest BCUT2D eigenvalue weighted by atomic mass is 16.5. The predicted molar refractivity (Wildman–Crippen MR) is 109 cm³/mol. The Bertz CT molecular complexity index is 1110. The number of nitrogen functional groups attached to an aromatic ring is 1. The molecule has 4 rings (SSSR count). The molecule has 1 aliphatic carbocycles. The summed E-state index contributed by atoms with van der Waals surface area (Å²) in [6.45, 7) is 6.41. The van der Waals surface area contributed by atoms with E-state index in [1.54, 1.807) is 36.4 Å². The summed E-state index contributed by atoms with van der Waals surface area (Å²) >= 11 is 0. The molecule has 0 saturated heterocycles. The van der Waals surface area contributed by atoms with Gasteiger partial charge in [0.2, 0.25) is 0 Å². The Morgan fingerprint density at radius 3 is 1.96 bits per heavy atom. The third kappa shape index (κ3) is 2.87. The number of benzene rings is 3. The molecule has 0 aromatic heterocycles. The Hall–Kier alpha value is -3.40. The van der Waals surface area contributed by atoms with Crippen LogP contribution in [0.2, 0.25) is 0 Å². The first-order valence-corrected chi connectivity index (χ1v) is 9.16. The zero-order valence-electron chi connectivity index (χ0n) is 16.1. The molecule has 1 aliphatic rings. The molecule has 3 aromatic rings. The first kappa shape index (κ1) is 18.0. The number of hydrogen-bond donors (Lipinski definition) is 1. The zero-order valence-corrected chi connectivity index (χ0v) is 16.1. The predicted octanol–water partition coefficient (Wildman–Crippen LogP) is 5.13. The average Bonchev–Trinajstić information content (AvgIpc) is 2.67. The van der Waals surface area contributed by atoms with Gasteiger partial charge in [-0.1, -0.05) is 57.2 Å². The van der Waals surface area contributed by atoms with Gasteiger partial charge in [0.15, 0.2) is 17.3 Å². The van der Waals surface area contributed by atoms with Gasteiger partial charge in [0.1, 0.15) is 5.75 Å². The molecule has 0 bridgehead atoms. The Morgan fingerprint density at radius 2 is 1.36 bits per heavy atom. The number of fused-ring (bicyclic) bond motifs is 2. The number of ketones is 2. The number of anilines is 1. The van der Waals surface area contributed by atoms with Gasteiger partial charge < -0.3 is 10.5 Å². The minimum atomic E-state index is -0.251. The van der Waals surface area contributed by atoms with E-state index >= 15 is 0 Å². The molecule has 4 nitrogen and oxygen atoms in total. The van der Waals surface area contributed by atoms with Crippen molar-refractivity contribution >= 4 is 17.3 Å². The molecule has 0 atom stereocenters. The summed E-state index contributed by atoms with van der Waals surface area (Å²) in [5.74, 6) is 0.345. The van der Waals surface area contributed by atoms with Crippen molar-refractivity contribution in [1.29, 1.82) is 0 Å². The maximum atomic E-state index is 13.1. The van der Waals surface area contributed by atoms with Crippen LogP contribution < -0.4 is 10.5 Å². The molecule has 0 amide bonds. The van der Waals surface area contributed by atoms with Gasteiger partial charge in [0.05, 0.1) is 11.3 Å². The van der Waals surface area contributed by atoms with Gasteiger partial charge in [-0.2, -0.15) is 0 Å². The first-order chi connectivity index (χ1) is 13.3. The zero-order chi connectivity index (χ0) is 20.1. The lowest BCUT2D eigenvalue weighted by molar-refractivity contribution is 0.0977. The van der Waals surface area contributed by atoms with Gasteiger partial charge in [-0.05, 0) is 35.2 Å². The highest BCUT2D eigenvalue weighted by Gasteiger charge is 2.33. The number of hydrogen-bond acceptors (Lipinski definition) is 4. The Kier molecular flexibility index (Phi) is 4.07. The molecule has 0 saturated carbocycles. The quantitative estimate of drug-likeness (QED) is 0.496. The van der Waals surface area contributed by atoms with Gasteiger partial charge >= 0.3 is 0 Å². The van der Waals surface area contributed by atoms with Crippen LogP contribution in [0.3, 0.4) is 0 Å². The van der Waals surface area contributed by atoms with Crippen LogP contribution in [-0.4, -0.2) is 11.6 Å². The standard InChI is InChI=1S/C24H21NO3/c1-24(2,3)14-8-10-15(11-9-14)28-23-19(25)13-12-18-20(23)22(27)17-7-5-4-6-16(17)21(18)26/h4-13H,25H2,1-3H3. The number of ether oxygens (including phenoxy) is 1. The molecule has 0 fully saturated rings. The van der Waals surface area contributed by atoms with Crippen molar-refractivity contribution in [2.24, 2.45) is 0 Å². The highest BCUT2D eigenvalue weighted by Crippen LogP contribution is 2.39. The van der Waals surface area contributed by atoms with Crippen LogP contribution in [0.1, 0.15) is 58.2 Å². The van der Waals surface area contributed by atoms with E-state index in [1.807, 2.05) is 24.3 Å². The van der Waals surface area contributed by atoms with Crippen molar-refractivity contribution in [3.63, 3.8) is 0 Å². The molecular weight excluding hydrogens is 350 g/mol. The molecule has 2 N–H and O–H groups in total. The molecule has 28 heavy (non-hydrogen) atoms. The van der Waals surface area contributed by atoms with E-state index in [9.17, 15) is 9.59 Å². The van der Waals surface area contributed by atoms with E-state index in [1.165, 1.54) is 5.56 Å². The van der Waals surface area contributed by atoms with E-state index in [-0.39, 0.29) is 28.3 Å². The lowest BCUT2D eigenvalue weighted by atomic mass is 9.83. The van der Waals surface area contributed by atoms with Gasteiger partial charge in [-0.15, -0.1) is 0 Å². The second kappa shape index (κ2) is 6.34. The van der Waals surface area contributed by atoms with E-state index in [0.717, 1.165) is 0 Å². The van der Waals surface area contributed by atoms with Crippen LogP contribution in [0.15, 0.2) is 60.7 Å². The maximum absolute atomic E-state index is 13.1. The number of carbonyl (C=O) groups excluding carboxylic acids is 2. The summed E-state index contributed by atoms with van der Waals surface area (Å²) in [4.78, 5) is 26.0. The van der Waals surface area contributed by atoms with Crippen LogP contribution in [0.4, 0.5) is 5.69 Å². The topological polar surface area (TPSA) is 69.4 Å². The fraction of sp³-hybridized carbons (Fsp3) is 0.167. The lowest BCUT2D eigenvalue weighted by Gasteiger charge is -2.22. The summed E-state index contributed by atoms with van der Waals surface area (Å²) in [7, 11) is 0. The summed E-state index contributed by atoms with van der Waals surface area (Å²) < 4.78 is 6.01. The molecule has 0 aliphatic heterocycles. The molecule has 140 valence electrons. The van der Waals surface area contributed by atoms with Crippen LogP contribution in [0.25, 0.3) is 0 Å². The monoisotopic (exact) mass is 371 g/mol. The molecule has 0 heterocycles. The largest absolute Gasteiger partial charge is 0.454 e. The maximum Gasteiger partial charge on any atom is 0.198 e. The second-order valence-electron chi connectivity index (χ2n) is 7.99. The Morgan fingerprint density at radius 1 is 0.750 bits per heavy atom. The van der Waals surface area contributed by atoms with Gasteiger partial charge in [-0.3, -0.25) is 9.59 Å². The Balaban J connectivity index is 1.79. The van der Waals surface area contributed by atoms with E-state index < -0.39 is 0 Å². The molecule has 0 unspecified atom stereocenters. The number of rotatable bonds is 2. The van der Waals surface area contributed by atoms with Crippen LogP contribution in [0, 0.1) is 0 Å². The van der Waals surface area contributed by atoms with Gasteiger partial charge in [-0.25, -0.2) is 0 Å². The summed E-state index contributed by atoms with van der Waals surface area (Å²) in [6.07, 6.45) is 0. The summed E-state index contributed by atoms with van der Waals surface area (Å²) in [5, 5.41) is 0. The molecule has 4 heteroatoms. The van der Waals surface area contributed by atoms with Crippen molar-refractivity contribution in [3.05, 3.63) is 88.5 Å². The number of nitrogens with two attached hydrogens (primary N) is 1. The van der Waals surface area contributed by atoms with Crippen LogP contribution in [0.5, 0.6) is 11.5 Å². The third-order valence-corrected chi connectivity index (χ3v) is 5.02. The van der Waals surface area contributed by atoms with Gasteiger partial charge in [0.25, 0.3) is 0 Å². The molecule has 0 spiro atoms. The van der Waals surface area contributed by atoms with Crippen molar-refractivity contribution in [3.8, 4) is 11.5 Å². The van der Waals surface area contributed by atoms with E-state index in [2.05, 4.69) is 20.8 Å². The van der Waals surface area contributed by atoms with Crippen molar-refractivity contribution in [1.82, 2.24) is 0 Å². The van der Waals surface area contributed by atoms with Crippen LogP contribution in [-0.2, 0) is 5.41 Å². The molecule has 3 aromatic carbocycles. The second-order valence-corrected chi connectivity index (χ2v) is 7.99. The normalized spacial score (nSPS) is 13.1. The first-order valence-electron chi connectivity index (χ1n) is 9.16. The average molecular weight is 371 g/mol. The smallest absolute Gasteiger partial charge is 0.198 e. The van der Waals surface area contributed by atoms with Crippen molar-refractivity contribution in [2.75, 3.05) is 5.73 Å². The fourth-order valence-electron chi connectivity index (χ4n) is 3.42. The number of carbonyl (C=O) groups is 2.